The predicted octanol–water partition coefficient (Wildman–Crippen LogP) is 2.01. The van der Waals surface area contributed by atoms with Crippen molar-refractivity contribution in [1.29, 1.82) is 0 Å². The number of benzene rings is 1. The van der Waals surface area contributed by atoms with Crippen LogP contribution >= 0.6 is 22.9 Å². The zero-order chi connectivity index (χ0) is 21.6. The van der Waals surface area contributed by atoms with Gasteiger partial charge < -0.3 is 4.90 Å². The van der Waals surface area contributed by atoms with Crippen molar-refractivity contribution in [3.63, 3.8) is 0 Å². The van der Waals surface area contributed by atoms with E-state index in [1.165, 1.54) is 32.3 Å². The maximum Gasteiger partial charge on any atom is 0.257 e. The zero-order valence-electron chi connectivity index (χ0n) is 16.4. The van der Waals surface area contributed by atoms with Crippen LogP contribution in [0.2, 0.25) is 5.02 Å². The first-order chi connectivity index (χ1) is 14.9. The number of nitrogens with zero attached hydrogens (tertiary/aromatic N) is 6. The molecule has 12 heteroatoms. The Balaban J connectivity index is 1.36. The van der Waals surface area contributed by atoms with Crippen LogP contribution in [-0.4, -0.2) is 69.9 Å². The molecule has 3 heterocycles. The van der Waals surface area contributed by atoms with E-state index >= 15 is 0 Å². The summed E-state index contributed by atoms with van der Waals surface area (Å²) in [4.78, 5) is 16.6. The Morgan fingerprint density at radius 2 is 1.81 bits per heavy atom. The second-order valence-electron chi connectivity index (χ2n) is 7.44. The van der Waals surface area contributed by atoms with Gasteiger partial charge in [-0.15, -0.1) is 16.4 Å². The minimum atomic E-state index is -3.63. The van der Waals surface area contributed by atoms with Crippen molar-refractivity contribution >= 4 is 38.9 Å². The number of aromatic nitrogens is 4. The first kappa shape index (κ1) is 20.6. The van der Waals surface area contributed by atoms with Crippen LogP contribution in [0.15, 0.2) is 35.5 Å². The minimum absolute atomic E-state index is 0.0894. The van der Waals surface area contributed by atoms with Gasteiger partial charge in [-0.25, -0.2) is 8.42 Å². The first-order valence-electron chi connectivity index (χ1n) is 9.88. The van der Waals surface area contributed by atoms with E-state index in [-0.39, 0.29) is 23.9 Å². The molecule has 1 aliphatic carbocycles. The summed E-state index contributed by atoms with van der Waals surface area (Å²) >= 11 is 7.43. The molecule has 0 bridgehead atoms. The summed E-state index contributed by atoms with van der Waals surface area (Å²) in [5.74, 6) is -0.0894. The van der Waals surface area contributed by atoms with Crippen molar-refractivity contribution in [1.82, 2.24) is 29.4 Å². The van der Waals surface area contributed by atoms with Crippen LogP contribution in [0.4, 0.5) is 0 Å². The fourth-order valence-electron chi connectivity index (χ4n) is 4.07. The number of aryl methyl sites for hydroxylation is 1. The third-order valence-corrected chi connectivity index (χ3v) is 9.10. The van der Waals surface area contributed by atoms with Gasteiger partial charge in [-0.2, -0.15) is 8.99 Å². The highest BCUT2D eigenvalue weighted by Gasteiger charge is 2.34. The monoisotopic (exact) mass is 478 g/mol. The maximum atomic E-state index is 13.5. The average Bonchev–Trinajstić information content (AvgIpc) is 3.50. The highest BCUT2D eigenvalue weighted by Crippen LogP contribution is 2.38. The van der Waals surface area contributed by atoms with Gasteiger partial charge in [-0.05, 0) is 59.5 Å². The van der Waals surface area contributed by atoms with Crippen LogP contribution in [0.5, 0.6) is 0 Å². The van der Waals surface area contributed by atoms with E-state index in [1.54, 1.807) is 28.4 Å². The van der Waals surface area contributed by atoms with Gasteiger partial charge in [-0.1, -0.05) is 11.6 Å². The molecule has 9 nitrogen and oxygen atoms in total. The van der Waals surface area contributed by atoms with E-state index in [4.69, 9.17) is 11.6 Å². The third kappa shape index (κ3) is 3.65. The van der Waals surface area contributed by atoms with Crippen molar-refractivity contribution < 1.29 is 13.2 Å². The first-order valence-corrected chi connectivity index (χ1v) is 12.5. The molecule has 2 aliphatic rings. The molecule has 0 saturated carbocycles. The molecular formula is C19H19ClN6O3S2. The van der Waals surface area contributed by atoms with Gasteiger partial charge in [0.05, 0.1) is 10.5 Å². The van der Waals surface area contributed by atoms with Crippen LogP contribution < -0.4 is 0 Å². The largest absolute Gasteiger partial charge is 0.336 e. The molecule has 1 amide bonds. The number of thiophene rings is 1. The Hall–Kier alpha value is -2.34. The molecule has 1 aromatic carbocycles. The number of fused-ring (bicyclic) bond motifs is 1. The summed E-state index contributed by atoms with van der Waals surface area (Å²) in [6.45, 7) is 1.13. The topological polar surface area (TPSA) is 101 Å². The number of carbonyl (C=O) groups is 1. The number of sulfonamides is 1. The predicted molar refractivity (Wildman–Crippen MR) is 115 cm³/mol. The van der Waals surface area contributed by atoms with E-state index < -0.39 is 10.0 Å². The second kappa shape index (κ2) is 7.97. The number of piperazine rings is 1. The SMILES string of the molecule is O=C(c1c(-n2cnnn2)sc2c1CCC2)N1CCN(S(=O)(=O)c2ccc(Cl)cc2)CC1. The number of halogens is 1. The standard InChI is InChI=1S/C19H19ClN6O3S2/c20-13-4-6-14(7-5-13)31(28,29)25-10-8-24(9-11-25)18(27)17-15-2-1-3-16(15)30-19(17)26-12-21-22-23-26/h4-7,12H,1-3,8-11H2. The van der Waals surface area contributed by atoms with E-state index in [9.17, 15) is 13.2 Å². The van der Waals surface area contributed by atoms with E-state index in [2.05, 4.69) is 15.5 Å². The highest BCUT2D eigenvalue weighted by atomic mass is 35.5. The van der Waals surface area contributed by atoms with E-state index in [0.29, 0.717) is 23.7 Å². The van der Waals surface area contributed by atoms with Crippen LogP contribution in [0.1, 0.15) is 27.2 Å². The third-order valence-electron chi connectivity index (χ3n) is 5.65. The molecular weight excluding hydrogens is 460 g/mol. The Labute approximate surface area is 188 Å². The summed E-state index contributed by atoms with van der Waals surface area (Å²) in [5, 5.41) is 12.6. The molecule has 1 aliphatic heterocycles. The lowest BCUT2D eigenvalue weighted by molar-refractivity contribution is 0.0697. The van der Waals surface area contributed by atoms with Crippen molar-refractivity contribution in [2.45, 2.75) is 24.2 Å². The molecule has 3 aromatic rings. The summed E-state index contributed by atoms with van der Waals surface area (Å²) in [7, 11) is -3.63. The maximum absolute atomic E-state index is 13.5. The van der Waals surface area contributed by atoms with Gasteiger partial charge in [-0.3, -0.25) is 4.79 Å². The normalized spacial score (nSPS) is 17.1. The Morgan fingerprint density at radius 3 is 2.48 bits per heavy atom. The summed E-state index contributed by atoms with van der Waals surface area (Å²) in [6.07, 6.45) is 4.34. The lowest BCUT2D eigenvalue weighted by Gasteiger charge is -2.34. The molecule has 0 radical (unpaired) electrons. The molecule has 0 N–H and O–H groups in total. The van der Waals surface area contributed by atoms with Crippen LogP contribution in [0, 0.1) is 0 Å². The molecule has 31 heavy (non-hydrogen) atoms. The number of hydrogen-bond donors (Lipinski definition) is 0. The van der Waals surface area contributed by atoms with Crippen molar-refractivity contribution in [2.75, 3.05) is 26.2 Å². The van der Waals surface area contributed by atoms with E-state index in [1.807, 2.05) is 0 Å². The van der Waals surface area contributed by atoms with Gasteiger partial charge in [0, 0.05) is 36.1 Å². The van der Waals surface area contributed by atoms with Crippen molar-refractivity contribution in [3.05, 3.63) is 51.6 Å². The van der Waals surface area contributed by atoms with Crippen molar-refractivity contribution in [3.8, 4) is 5.00 Å². The molecule has 5 rings (SSSR count). The van der Waals surface area contributed by atoms with Crippen molar-refractivity contribution in [2.24, 2.45) is 0 Å². The highest BCUT2D eigenvalue weighted by molar-refractivity contribution is 7.89. The lowest BCUT2D eigenvalue weighted by Crippen LogP contribution is -2.50. The van der Waals surface area contributed by atoms with Gasteiger partial charge >= 0.3 is 0 Å². The number of rotatable bonds is 4. The van der Waals surface area contributed by atoms with Gasteiger partial charge in [0.15, 0.2) is 0 Å². The van der Waals surface area contributed by atoms with Crippen LogP contribution in [0.3, 0.4) is 0 Å². The minimum Gasteiger partial charge on any atom is -0.336 e. The van der Waals surface area contributed by atoms with E-state index in [0.717, 1.165) is 29.8 Å². The average molecular weight is 479 g/mol. The number of amides is 1. The molecule has 0 unspecified atom stereocenters. The number of carbonyl (C=O) groups excluding carboxylic acids is 1. The van der Waals surface area contributed by atoms with Crippen LogP contribution in [-0.2, 0) is 22.9 Å². The quantitative estimate of drug-likeness (QED) is 0.568. The molecule has 2 aromatic heterocycles. The van der Waals surface area contributed by atoms with Crippen LogP contribution in [0.25, 0.3) is 5.00 Å². The van der Waals surface area contributed by atoms with Gasteiger partial charge in [0.1, 0.15) is 11.3 Å². The summed E-state index contributed by atoms with van der Waals surface area (Å²) < 4.78 is 28.8. The fraction of sp³-hybridized carbons (Fsp3) is 0.368. The Bertz CT molecular complexity index is 1220. The van der Waals surface area contributed by atoms with Gasteiger partial charge in [0.2, 0.25) is 10.0 Å². The Kier molecular flexibility index (Phi) is 5.29. The second-order valence-corrected chi connectivity index (χ2v) is 10.9. The number of tetrazole rings is 1. The molecule has 1 saturated heterocycles. The molecule has 0 spiro atoms. The Morgan fingerprint density at radius 1 is 1.06 bits per heavy atom. The smallest absolute Gasteiger partial charge is 0.257 e. The molecule has 0 atom stereocenters. The fourth-order valence-corrected chi connectivity index (χ4v) is 6.92. The number of hydrogen-bond acceptors (Lipinski definition) is 7. The van der Waals surface area contributed by atoms with Gasteiger partial charge in [0.25, 0.3) is 5.91 Å². The summed E-state index contributed by atoms with van der Waals surface area (Å²) in [5.41, 5.74) is 1.73. The molecule has 162 valence electrons. The summed E-state index contributed by atoms with van der Waals surface area (Å²) in [6, 6.07) is 6.13. The lowest BCUT2D eigenvalue weighted by atomic mass is 10.1. The molecule has 1 fully saturated rings. The zero-order valence-corrected chi connectivity index (χ0v) is 18.8.